The number of aromatic nitrogens is 1. The average molecular weight is 304 g/mol. The Hall–Kier alpha value is -2.33. The maximum Gasteiger partial charge on any atom is 0.352 e. The fraction of sp³-hybridized carbons (Fsp3) is 0.0625. The third kappa shape index (κ3) is 2.50. The van der Waals surface area contributed by atoms with Gasteiger partial charge in [-0.05, 0) is 29.8 Å². The maximum atomic E-state index is 13.2. The molecule has 0 saturated carbocycles. The van der Waals surface area contributed by atoms with Crippen LogP contribution >= 0.6 is 11.6 Å². The van der Waals surface area contributed by atoms with Crippen LogP contribution in [0.1, 0.15) is 16.1 Å². The summed E-state index contributed by atoms with van der Waals surface area (Å²) in [5.74, 6) is -1.49. The summed E-state index contributed by atoms with van der Waals surface area (Å²) in [6, 6.07) is 13.4. The molecule has 1 heterocycles. The summed E-state index contributed by atoms with van der Waals surface area (Å²) < 4.78 is 14.9. The lowest BCUT2D eigenvalue weighted by Crippen LogP contribution is -2.09. The number of rotatable bonds is 3. The lowest BCUT2D eigenvalue weighted by atomic mass is 10.2. The Bertz CT molecular complexity index is 841. The van der Waals surface area contributed by atoms with Crippen molar-refractivity contribution in [3.63, 3.8) is 0 Å². The standard InChI is InChI=1S/C16H11ClFNO2/c17-12-7-10(5-6-13(12)18)9-19-14-4-2-1-3-11(14)8-15(19)16(20)21/h1-8H,9H2,(H,20,21). The molecule has 0 spiro atoms. The van der Waals surface area contributed by atoms with E-state index in [0.717, 1.165) is 16.5 Å². The number of fused-ring (bicyclic) bond motifs is 1. The molecule has 1 aromatic heterocycles. The van der Waals surface area contributed by atoms with Crippen molar-refractivity contribution >= 4 is 28.5 Å². The number of halogens is 2. The number of nitrogens with zero attached hydrogens (tertiary/aromatic N) is 1. The van der Waals surface area contributed by atoms with Crippen molar-refractivity contribution in [2.24, 2.45) is 0 Å². The molecule has 0 aliphatic heterocycles. The van der Waals surface area contributed by atoms with Crippen molar-refractivity contribution in [2.45, 2.75) is 6.54 Å². The van der Waals surface area contributed by atoms with Crippen molar-refractivity contribution in [3.8, 4) is 0 Å². The van der Waals surface area contributed by atoms with E-state index in [0.29, 0.717) is 6.54 Å². The first-order valence-corrected chi connectivity index (χ1v) is 6.69. The minimum absolute atomic E-state index is 0.0286. The number of benzene rings is 2. The first-order chi connectivity index (χ1) is 10.1. The van der Waals surface area contributed by atoms with Crippen LogP contribution in [-0.4, -0.2) is 15.6 Å². The van der Waals surface area contributed by atoms with Crippen LogP contribution in [0.15, 0.2) is 48.5 Å². The lowest BCUT2D eigenvalue weighted by molar-refractivity contribution is 0.0686. The van der Waals surface area contributed by atoms with Gasteiger partial charge in [0.05, 0.1) is 5.02 Å². The number of hydrogen-bond donors (Lipinski definition) is 1. The molecule has 3 aromatic rings. The second-order valence-corrected chi connectivity index (χ2v) is 5.14. The molecule has 0 bridgehead atoms. The molecule has 2 aromatic carbocycles. The van der Waals surface area contributed by atoms with E-state index in [2.05, 4.69) is 0 Å². The number of carbonyl (C=O) groups is 1. The van der Waals surface area contributed by atoms with Gasteiger partial charge >= 0.3 is 5.97 Å². The van der Waals surface area contributed by atoms with Gasteiger partial charge in [0.25, 0.3) is 0 Å². The van der Waals surface area contributed by atoms with Gasteiger partial charge in [0.1, 0.15) is 11.5 Å². The second kappa shape index (κ2) is 5.22. The highest BCUT2D eigenvalue weighted by Crippen LogP contribution is 2.23. The van der Waals surface area contributed by atoms with E-state index in [4.69, 9.17) is 11.6 Å². The lowest BCUT2D eigenvalue weighted by Gasteiger charge is -2.09. The molecule has 3 rings (SSSR count). The molecule has 0 aliphatic carbocycles. The Morgan fingerprint density at radius 2 is 1.95 bits per heavy atom. The second-order valence-electron chi connectivity index (χ2n) is 4.73. The predicted molar refractivity (Wildman–Crippen MR) is 79.4 cm³/mol. The van der Waals surface area contributed by atoms with E-state index in [1.165, 1.54) is 12.1 Å². The smallest absolute Gasteiger partial charge is 0.352 e. The van der Waals surface area contributed by atoms with Crippen LogP contribution < -0.4 is 0 Å². The fourth-order valence-corrected chi connectivity index (χ4v) is 2.58. The first-order valence-electron chi connectivity index (χ1n) is 6.32. The monoisotopic (exact) mass is 303 g/mol. The van der Waals surface area contributed by atoms with Gasteiger partial charge in [0.2, 0.25) is 0 Å². The van der Waals surface area contributed by atoms with Gasteiger partial charge in [0, 0.05) is 17.4 Å². The zero-order chi connectivity index (χ0) is 15.0. The molecule has 5 heteroatoms. The zero-order valence-electron chi connectivity index (χ0n) is 10.9. The van der Waals surface area contributed by atoms with Crippen LogP contribution in [0.2, 0.25) is 5.02 Å². The zero-order valence-corrected chi connectivity index (χ0v) is 11.6. The number of carboxylic acid groups (broad SMARTS) is 1. The van der Waals surface area contributed by atoms with E-state index in [9.17, 15) is 14.3 Å². The molecule has 0 atom stereocenters. The molecule has 21 heavy (non-hydrogen) atoms. The summed E-state index contributed by atoms with van der Waals surface area (Å²) in [5.41, 5.74) is 1.75. The highest BCUT2D eigenvalue weighted by Gasteiger charge is 2.15. The minimum Gasteiger partial charge on any atom is -0.477 e. The molecule has 106 valence electrons. The molecule has 0 unspecified atom stereocenters. The van der Waals surface area contributed by atoms with E-state index >= 15 is 0 Å². The van der Waals surface area contributed by atoms with Crippen molar-refractivity contribution in [1.29, 1.82) is 0 Å². The molecule has 0 saturated heterocycles. The van der Waals surface area contributed by atoms with Gasteiger partial charge in [-0.1, -0.05) is 35.9 Å². The highest BCUT2D eigenvalue weighted by molar-refractivity contribution is 6.30. The maximum absolute atomic E-state index is 13.2. The Labute approximate surface area is 125 Å². The minimum atomic E-state index is -1.00. The van der Waals surface area contributed by atoms with Crippen molar-refractivity contribution in [1.82, 2.24) is 4.57 Å². The van der Waals surface area contributed by atoms with Gasteiger partial charge in [-0.15, -0.1) is 0 Å². The summed E-state index contributed by atoms with van der Waals surface area (Å²) in [4.78, 5) is 11.4. The predicted octanol–water partition coefficient (Wildman–Crippen LogP) is 4.18. The Morgan fingerprint density at radius 1 is 1.19 bits per heavy atom. The third-order valence-corrected chi connectivity index (χ3v) is 3.64. The largest absolute Gasteiger partial charge is 0.477 e. The molecular weight excluding hydrogens is 293 g/mol. The SMILES string of the molecule is O=C(O)c1cc2ccccc2n1Cc1ccc(F)c(Cl)c1. The Morgan fingerprint density at radius 3 is 2.67 bits per heavy atom. The van der Waals surface area contributed by atoms with Gasteiger partial charge in [-0.25, -0.2) is 9.18 Å². The van der Waals surface area contributed by atoms with Crippen LogP contribution in [0.5, 0.6) is 0 Å². The molecular formula is C16H11ClFNO2. The molecule has 0 fully saturated rings. The van der Waals surface area contributed by atoms with Crippen LogP contribution in [0.3, 0.4) is 0 Å². The number of aromatic carboxylic acids is 1. The molecule has 3 nitrogen and oxygen atoms in total. The summed E-state index contributed by atoms with van der Waals surface area (Å²) in [7, 11) is 0. The topological polar surface area (TPSA) is 42.2 Å². The molecule has 1 N–H and O–H groups in total. The highest BCUT2D eigenvalue weighted by atomic mass is 35.5. The number of carboxylic acids is 1. The Balaban J connectivity index is 2.12. The number of hydrogen-bond acceptors (Lipinski definition) is 1. The van der Waals surface area contributed by atoms with Crippen LogP contribution in [-0.2, 0) is 6.54 Å². The van der Waals surface area contributed by atoms with E-state index in [-0.39, 0.29) is 10.7 Å². The summed E-state index contributed by atoms with van der Waals surface area (Å²) in [6.07, 6.45) is 0. The van der Waals surface area contributed by atoms with Crippen molar-refractivity contribution in [2.75, 3.05) is 0 Å². The first kappa shape index (κ1) is 13.6. The average Bonchev–Trinajstić information content (AvgIpc) is 2.82. The van der Waals surface area contributed by atoms with Crippen LogP contribution in [0, 0.1) is 5.82 Å². The van der Waals surface area contributed by atoms with Crippen LogP contribution in [0.4, 0.5) is 4.39 Å². The van der Waals surface area contributed by atoms with Gasteiger partial charge in [0.15, 0.2) is 0 Å². The van der Waals surface area contributed by atoms with Gasteiger partial charge < -0.3 is 9.67 Å². The fourth-order valence-electron chi connectivity index (χ4n) is 2.38. The van der Waals surface area contributed by atoms with Gasteiger partial charge in [-0.3, -0.25) is 0 Å². The third-order valence-electron chi connectivity index (χ3n) is 3.35. The van der Waals surface area contributed by atoms with E-state index < -0.39 is 11.8 Å². The summed E-state index contributed by atoms with van der Waals surface area (Å²) in [5, 5.41) is 10.2. The van der Waals surface area contributed by atoms with E-state index in [1.807, 2.05) is 24.3 Å². The van der Waals surface area contributed by atoms with Crippen LogP contribution in [0.25, 0.3) is 10.9 Å². The van der Waals surface area contributed by atoms with E-state index in [1.54, 1.807) is 16.7 Å². The quantitative estimate of drug-likeness (QED) is 0.788. The molecule has 0 radical (unpaired) electrons. The Kier molecular flexibility index (Phi) is 3.39. The molecule has 0 amide bonds. The van der Waals surface area contributed by atoms with Crippen molar-refractivity contribution in [3.05, 3.63) is 70.6 Å². The molecule has 0 aliphatic rings. The van der Waals surface area contributed by atoms with Crippen molar-refractivity contribution < 1.29 is 14.3 Å². The normalized spacial score (nSPS) is 11.0. The summed E-state index contributed by atoms with van der Waals surface area (Å²) >= 11 is 5.77. The number of para-hydroxylation sites is 1. The summed E-state index contributed by atoms with van der Waals surface area (Å²) in [6.45, 7) is 0.315. The van der Waals surface area contributed by atoms with Gasteiger partial charge in [-0.2, -0.15) is 0 Å².